The highest BCUT2D eigenvalue weighted by molar-refractivity contribution is 7.89. The van der Waals surface area contributed by atoms with E-state index in [1.807, 2.05) is 29.2 Å². The van der Waals surface area contributed by atoms with Gasteiger partial charge in [0.25, 0.3) is 0 Å². The Morgan fingerprint density at radius 1 is 1.00 bits per heavy atom. The van der Waals surface area contributed by atoms with E-state index in [-0.39, 0.29) is 4.90 Å². The van der Waals surface area contributed by atoms with E-state index in [1.165, 1.54) is 16.7 Å². The summed E-state index contributed by atoms with van der Waals surface area (Å²) in [6.45, 7) is 1.53. The highest BCUT2D eigenvalue weighted by Gasteiger charge is 2.30. The second-order valence-corrected chi connectivity index (χ2v) is 9.80. The van der Waals surface area contributed by atoms with Crippen LogP contribution in [0.3, 0.4) is 0 Å². The van der Waals surface area contributed by atoms with Crippen molar-refractivity contribution < 1.29 is 13.2 Å². The molecule has 4 aromatic rings. The van der Waals surface area contributed by atoms with Crippen molar-refractivity contribution in [3.63, 3.8) is 0 Å². The second-order valence-electron chi connectivity index (χ2n) is 7.42. The maximum absolute atomic E-state index is 13.0. The van der Waals surface area contributed by atoms with Gasteiger partial charge in [0, 0.05) is 37.3 Å². The highest BCUT2D eigenvalue weighted by atomic mass is 35.5. The predicted octanol–water partition coefficient (Wildman–Crippen LogP) is 2.38. The van der Waals surface area contributed by atoms with Crippen LogP contribution in [-0.2, 0) is 10.0 Å². The van der Waals surface area contributed by atoms with Gasteiger partial charge in [0.15, 0.2) is 17.0 Å². The molecule has 5 rings (SSSR count). The normalized spacial score (nSPS) is 15.2. The molecule has 12 heteroatoms. The largest absolute Gasteiger partial charge is 0.497 e. The van der Waals surface area contributed by atoms with Gasteiger partial charge < -0.3 is 9.64 Å². The van der Waals surface area contributed by atoms with Crippen molar-refractivity contribution in [2.24, 2.45) is 0 Å². The topological polar surface area (TPSA) is 106 Å². The minimum absolute atomic E-state index is 0.189. The van der Waals surface area contributed by atoms with Crippen molar-refractivity contribution in [2.75, 3.05) is 38.2 Å². The minimum Gasteiger partial charge on any atom is -0.497 e. The Labute approximate surface area is 195 Å². The monoisotopic (exact) mass is 485 g/mol. The molecule has 1 aliphatic rings. The summed E-state index contributed by atoms with van der Waals surface area (Å²) in [4.78, 5) is 11.0. The first-order chi connectivity index (χ1) is 16.0. The maximum Gasteiger partial charge on any atom is 0.243 e. The molecule has 33 heavy (non-hydrogen) atoms. The average molecular weight is 486 g/mol. The van der Waals surface area contributed by atoms with Crippen LogP contribution < -0.4 is 9.64 Å². The number of anilines is 1. The number of ether oxygens (including phenoxy) is 1. The third kappa shape index (κ3) is 3.99. The van der Waals surface area contributed by atoms with Crippen LogP contribution in [0.1, 0.15) is 0 Å². The van der Waals surface area contributed by atoms with E-state index in [0.717, 1.165) is 5.69 Å². The fourth-order valence-corrected chi connectivity index (χ4v) is 5.52. The van der Waals surface area contributed by atoms with Crippen LogP contribution in [0.5, 0.6) is 5.75 Å². The molecule has 1 fully saturated rings. The molecule has 2 aromatic carbocycles. The molecule has 0 bridgehead atoms. The number of aromatic nitrogens is 5. The smallest absolute Gasteiger partial charge is 0.243 e. The number of methoxy groups -OCH3 is 1. The van der Waals surface area contributed by atoms with Crippen LogP contribution in [0, 0.1) is 0 Å². The van der Waals surface area contributed by atoms with Crippen molar-refractivity contribution in [2.45, 2.75) is 4.90 Å². The zero-order chi connectivity index (χ0) is 23.0. The number of hydrogen-bond donors (Lipinski definition) is 0. The fourth-order valence-electron chi connectivity index (χ4n) is 3.80. The summed E-state index contributed by atoms with van der Waals surface area (Å²) < 4.78 is 34.4. The fraction of sp³-hybridized carbons (Fsp3) is 0.238. The third-order valence-electron chi connectivity index (χ3n) is 5.49. The van der Waals surface area contributed by atoms with Gasteiger partial charge in [-0.1, -0.05) is 28.9 Å². The number of piperazine rings is 1. The lowest BCUT2D eigenvalue weighted by Gasteiger charge is -2.34. The van der Waals surface area contributed by atoms with Gasteiger partial charge in [-0.05, 0) is 30.3 Å². The number of nitrogens with zero attached hydrogens (tertiary/aromatic N) is 7. The Morgan fingerprint density at radius 3 is 2.55 bits per heavy atom. The van der Waals surface area contributed by atoms with E-state index in [2.05, 4.69) is 20.3 Å². The molecule has 10 nitrogen and oxygen atoms in total. The molecule has 0 amide bonds. The Bertz CT molecular complexity index is 1420. The van der Waals surface area contributed by atoms with Gasteiger partial charge in [0.1, 0.15) is 12.1 Å². The summed E-state index contributed by atoms with van der Waals surface area (Å²) >= 11 is 5.98. The second kappa shape index (κ2) is 8.58. The molecular weight excluding hydrogens is 466 g/mol. The van der Waals surface area contributed by atoms with Crippen LogP contribution >= 0.6 is 11.6 Å². The summed E-state index contributed by atoms with van der Waals surface area (Å²) in [6.07, 6.45) is 1.47. The molecule has 1 aliphatic heterocycles. The van der Waals surface area contributed by atoms with Gasteiger partial charge in [-0.15, -0.1) is 5.10 Å². The van der Waals surface area contributed by atoms with Crippen LogP contribution in [0.4, 0.5) is 5.82 Å². The molecule has 0 spiro atoms. The lowest BCUT2D eigenvalue weighted by atomic mass is 10.3. The van der Waals surface area contributed by atoms with Crippen LogP contribution in [-0.4, -0.2) is 71.0 Å². The first kappa shape index (κ1) is 21.6. The standard InChI is InChI=1S/C21H20ClN7O3S/c1-32-17-6-3-5-16(13-17)29-21-19(25-26-29)20(23-14-24-21)27-8-10-28(11-9-27)33(30,31)18-7-2-4-15(22)12-18/h2-7,12-14H,8-11H2,1H3. The van der Waals surface area contributed by atoms with E-state index in [9.17, 15) is 8.42 Å². The van der Waals surface area contributed by atoms with E-state index in [4.69, 9.17) is 16.3 Å². The maximum atomic E-state index is 13.0. The van der Waals surface area contributed by atoms with Crippen LogP contribution in [0.15, 0.2) is 59.8 Å². The molecule has 0 radical (unpaired) electrons. The van der Waals surface area contributed by atoms with Crippen LogP contribution in [0.25, 0.3) is 16.9 Å². The molecule has 3 heterocycles. The van der Waals surface area contributed by atoms with Gasteiger partial charge in [0.05, 0.1) is 17.7 Å². The van der Waals surface area contributed by atoms with Crippen molar-refractivity contribution in [3.05, 3.63) is 59.9 Å². The number of sulfonamides is 1. The molecule has 0 atom stereocenters. The first-order valence-corrected chi connectivity index (χ1v) is 12.0. The quantitative estimate of drug-likeness (QED) is 0.424. The van der Waals surface area contributed by atoms with Crippen LogP contribution in [0.2, 0.25) is 5.02 Å². The minimum atomic E-state index is -3.63. The summed E-state index contributed by atoms with van der Waals surface area (Å²) in [5.74, 6) is 1.32. The molecule has 0 unspecified atom stereocenters. The summed E-state index contributed by atoms with van der Waals surface area (Å²) in [7, 11) is -2.02. The average Bonchev–Trinajstić information content (AvgIpc) is 3.28. The molecule has 0 N–H and O–H groups in total. The summed E-state index contributed by atoms with van der Waals surface area (Å²) in [5, 5.41) is 8.96. The van der Waals surface area contributed by atoms with Gasteiger partial charge >= 0.3 is 0 Å². The third-order valence-corrected chi connectivity index (χ3v) is 7.62. The molecule has 1 saturated heterocycles. The van der Waals surface area contributed by atoms with E-state index in [0.29, 0.717) is 53.9 Å². The zero-order valence-electron chi connectivity index (χ0n) is 17.7. The Morgan fingerprint density at radius 2 is 1.79 bits per heavy atom. The highest BCUT2D eigenvalue weighted by Crippen LogP contribution is 2.26. The number of fused-ring (bicyclic) bond motifs is 1. The molecule has 0 saturated carbocycles. The summed E-state index contributed by atoms with van der Waals surface area (Å²) in [6, 6.07) is 13.7. The lowest BCUT2D eigenvalue weighted by Crippen LogP contribution is -2.49. The summed E-state index contributed by atoms with van der Waals surface area (Å²) in [5.41, 5.74) is 1.87. The van der Waals surface area contributed by atoms with E-state index >= 15 is 0 Å². The van der Waals surface area contributed by atoms with Gasteiger partial charge in [-0.3, -0.25) is 0 Å². The number of halogens is 1. The van der Waals surface area contributed by atoms with E-state index in [1.54, 1.807) is 30.0 Å². The van der Waals surface area contributed by atoms with Crippen molar-refractivity contribution in [1.82, 2.24) is 29.3 Å². The van der Waals surface area contributed by atoms with Crippen molar-refractivity contribution in [1.29, 1.82) is 0 Å². The molecular formula is C21H20ClN7O3S. The first-order valence-electron chi connectivity index (χ1n) is 10.2. The van der Waals surface area contributed by atoms with Gasteiger partial charge in [-0.25, -0.2) is 18.4 Å². The number of rotatable bonds is 5. The Hall–Kier alpha value is -3.28. The van der Waals surface area contributed by atoms with E-state index < -0.39 is 10.0 Å². The zero-order valence-corrected chi connectivity index (χ0v) is 19.2. The molecule has 0 aliphatic carbocycles. The van der Waals surface area contributed by atoms with Crippen molar-refractivity contribution >= 4 is 38.6 Å². The number of benzene rings is 2. The number of hydrogen-bond acceptors (Lipinski definition) is 8. The molecule has 2 aromatic heterocycles. The van der Waals surface area contributed by atoms with Crippen molar-refractivity contribution in [3.8, 4) is 11.4 Å². The predicted molar refractivity (Wildman–Crippen MR) is 123 cm³/mol. The Balaban J connectivity index is 1.40. The molecule has 170 valence electrons. The van der Waals surface area contributed by atoms with Gasteiger partial charge in [0.2, 0.25) is 10.0 Å². The Kier molecular flexibility index (Phi) is 5.60. The van der Waals surface area contributed by atoms with Gasteiger partial charge in [-0.2, -0.15) is 8.99 Å². The lowest BCUT2D eigenvalue weighted by molar-refractivity contribution is 0.384. The SMILES string of the molecule is COc1cccc(-n2nnc3c(N4CCN(S(=O)(=O)c5cccc(Cl)c5)CC4)ncnc32)c1.